The van der Waals surface area contributed by atoms with Crippen molar-refractivity contribution in [2.24, 2.45) is 5.92 Å². The van der Waals surface area contributed by atoms with Gasteiger partial charge in [-0.2, -0.15) is 0 Å². The standard InChI is InChI=1S/C25H35NO3/c1-19(2)24-17-25(14-16-29-24,22-7-5-6-8-23(22)28-4)13-15-26-18-20-9-11-21(27-3)12-10-20/h5-12,19,24,26H,13-18H2,1-4H3/t24-,25-/m1/s1. The highest BCUT2D eigenvalue weighted by Crippen LogP contribution is 2.45. The molecule has 158 valence electrons. The molecular weight excluding hydrogens is 362 g/mol. The van der Waals surface area contributed by atoms with Crippen LogP contribution >= 0.6 is 0 Å². The maximum atomic E-state index is 6.11. The first-order chi connectivity index (χ1) is 14.1. The molecule has 1 fully saturated rings. The molecule has 1 aliphatic rings. The van der Waals surface area contributed by atoms with E-state index in [9.17, 15) is 0 Å². The van der Waals surface area contributed by atoms with Crippen LogP contribution in [0.2, 0.25) is 0 Å². The van der Waals surface area contributed by atoms with Crippen molar-refractivity contribution in [1.82, 2.24) is 5.32 Å². The molecule has 0 radical (unpaired) electrons. The first-order valence-corrected chi connectivity index (χ1v) is 10.7. The summed E-state index contributed by atoms with van der Waals surface area (Å²) < 4.78 is 17.1. The van der Waals surface area contributed by atoms with Gasteiger partial charge in [-0.3, -0.25) is 0 Å². The molecular formula is C25H35NO3. The highest BCUT2D eigenvalue weighted by Gasteiger charge is 2.40. The van der Waals surface area contributed by atoms with Gasteiger partial charge in [0, 0.05) is 24.1 Å². The predicted octanol–water partition coefficient (Wildman–Crippen LogP) is 4.96. The maximum absolute atomic E-state index is 6.11. The van der Waals surface area contributed by atoms with Gasteiger partial charge in [-0.05, 0) is 55.5 Å². The maximum Gasteiger partial charge on any atom is 0.122 e. The predicted molar refractivity (Wildman–Crippen MR) is 118 cm³/mol. The largest absolute Gasteiger partial charge is 0.497 e. The van der Waals surface area contributed by atoms with Gasteiger partial charge in [0.1, 0.15) is 11.5 Å². The average molecular weight is 398 g/mol. The Balaban J connectivity index is 1.71. The SMILES string of the molecule is COc1ccc(CNCC[C@@]2(c3ccccc3OC)CCO[C@@H](C(C)C)C2)cc1. The number of ether oxygens (including phenoxy) is 3. The van der Waals surface area contributed by atoms with E-state index in [1.165, 1.54) is 11.1 Å². The first kappa shape index (κ1) is 21.7. The van der Waals surface area contributed by atoms with Crippen LogP contribution in [0.4, 0.5) is 0 Å². The second kappa shape index (κ2) is 10.1. The Morgan fingerprint density at radius 3 is 2.52 bits per heavy atom. The fraction of sp³-hybridized carbons (Fsp3) is 0.520. The summed E-state index contributed by atoms with van der Waals surface area (Å²) in [6.45, 7) is 7.13. The summed E-state index contributed by atoms with van der Waals surface area (Å²) in [5, 5.41) is 3.64. The summed E-state index contributed by atoms with van der Waals surface area (Å²) in [7, 11) is 3.47. The molecule has 1 saturated heterocycles. The van der Waals surface area contributed by atoms with Crippen molar-refractivity contribution in [3.8, 4) is 11.5 Å². The summed E-state index contributed by atoms with van der Waals surface area (Å²) in [6.07, 6.45) is 3.42. The molecule has 0 amide bonds. The lowest BCUT2D eigenvalue weighted by Crippen LogP contribution is -2.42. The third kappa shape index (κ3) is 5.31. The molecule has 0 saturated carbocycles. The third-order valence-electron chi connectivity index (χ3n) is 6.19. The average Bonchev–Trinajstić information content (AvgIpc) is 2.77. The molecule has 0 spiro atoms. The Kier molecular flexibility index (Phi) is 7.57. The highest BCUT2D eigenvalue weighted by atomic mass is 16.5. The number of rotatable bonds is 9. The van der Waals surface area contributed by atoms with Gasteiger partial charge in [0.25, 0.3) is 0 Å². The molecule has 29 heavy (non-hydrogen) atoms. The van der Waals surface area contributed by atoms with Gasteiger partial charge in [0.2, 0.25) is 0 Å². The van der Waals surface area contributed by atoms with Gasteiger partial charge in [-0.15, -0.1) is 0 Å². The van der Waals surface area contributed by atoms with Crippen LogP contribution < -0.4 is 14.8 Å². The number of methoxy groups -OCH3 is 2. The molecule has 0 unspecified atom stereocenters. The van der Waals surface area contributed by atoms with Gasteiger partial charge in [0.05, 0.1) is 20.3 Å². The number of hydrogen-bond acceptors (Lipinski definition) is 4. The number of para-hydroxylation sites is 1. The van der Waals surface area contributed by atoms with Gasteiger partial charge in [-0.1, -0.05) is 44.2 Å². The van der Waals surface area contributed by atoms with E-state index in [1.54, 1.807) is 14.2 Å². The van der Waals surface area contributed by atoms with Crippen LogP contribution in [0.5, 0.6) is 11.5 Å². The Labute approximate surface area is 175 Å². The van der Waals surface area contributed by atoms with Crippen molar-refractivity contribution in [2.75, 3.05) is 27.4 Å². The molecule has 1 aliphatic heterocycles. The molecule has 4 nitrogen and oxygen atoms in total. The molecule has 2 aromatic rings. The van der Waals surface area contributed by atoms with Gasteiger partial charge in [0.15, 0.2) is 0 Å². The van der Waals surface area contributed by atoms with Gasteiger partial charge >= 0.3 is 0 Å². The normalized spacial score (nSPS) is 21.9. The molecule has 2 atom stereocenters. The van der Waals surface area contributed by atoms with E-state index in [2.05, 4.69) is 55.6 Å². The Morgan fingerprint density at radius 1 is 1.07 bits per heavy atom. The smallest absolute Gasteiger partial charge is 0.122 e. The lowest BCUT2D eigenvalue weighted by molar-refractivity contribution is -0.0473. The van der Waals surface area contributed by atoms with E-state index in [0.29, 0.717) is 5.92 Å². The molecule has 0 bridgehead atoms. The Morgan fingerprint density at radius 2 is 1.83 bits per heavy atom. The van der Waals surface area contributed by atoms with Crippen LogP contribution in [0.3, 0.4) is 0 Å². The fourth-order valence-electron chi connectivity index (χ4n) is 4.37. The Bertz CT molecular complexity index is 759. The highest BCUT2D eigenvalue weighted by molar-refractivity contribution is 5.40. The molecule has 2 aromatic carbocycles. The molecule has 1 N–H and O–H groups in total. The number of benzene rings is 2. The van der Waals surface area contributed by atoms with Crippen molar-refractivity contribution in [2.45, 2.75) is 51.2 Å². The van der Waals surface area contributed by atoms with Crippen molar-refractivity contribution in [1.29, 1.82) is 0 Å². The summed E-state index contributed by atoms with van der Waals surface area (Å²) in [4.78, 5) is 0. The number of nitrogens with one attached hydrogen (secondary N) is 1. The van der Waals surface area contributed by atoms with Crippen molar-refractivity contribution >= 4 is 0 Å². The zero-order valence-electron chi connectivity index (χ0n) is 18.2. The first-order valence-electron chi connectivity index (χ1n) is 10.7. The van der Waals surface area contributed by atoms with Gasteiger partial charge < -0.3 is 19.5 Å². The van der Waals surface area contributed by atoms with Crippen LogP contribution in [0.25, 0.3) is 0 Å². The van der Waals surface area contributed by atoms with E-state index < -0.39 is 0 Å². The minimum Gasteiger partial charge on any atom is -0.497 e. The molecule has 1 heterocycles. The van der Waals surface area contributed by atoms with Crippen molar-refractivity contribution < 1.29 is 14.2 Å². The fourth-order valence-corrected chi connectivity index (χ4v) is 4.37. The summed E-state index contributed by atoms with van der Waals surface area (Å²) >= 11 is 0. The van der Waals surface area contributed by atoms with E-state index in [-0.39, 0.29) is 11.5 Å². The lowest BCUT2D eigenvalue weighted by Gasteiger charge is -2.43. The van der Waals surface area contributed by atoms with Crippen LogP contribution in [-0.2, 0) is 16.7 Å². The van der Waals surface area contributed by atoms with Crippen LogP contribution in [-0.4, -0.2) is 33.5 Å². The van der Waals surface area contributed by atoms with Crippen LogP contribution in [0, 0.1) is 5.92 Å². The topological polar surface area (TPSA) is 39.7 Å². The molecule has 3 rings (SSSR count). The summed E-state index contributed by atoms with van der Waals surface area (Å²) in [5.74, 6) is 2.40. The minimum absolute atomic E-state index is 0.0761. The molecule has 4 heteroatoms. The minimum atomic E-state index is 0.0761. The summed E-state index contributed by atoms with van der Waals surface area (Å²) in [5.41, 5.74) is 2.67. The van der Waals surface area contributed by atoms with Crippen LogP contribution in [0.1, 0.15) is 44.2 Å². The van der Waals surface area contributed by atoms with E-state index in [1.807, 2.05) is 12.1 Å². The zero-order valence-corrected chi connectivity index (χ0v) is 18.2. The zero-order chi connectivity index (χ0) is 20.7. The molecule has 0 aliphatic carbocycles. The number of hydrogen-bond donors (Lipinski definition) is 1. The second-order valence-electron chi connectivity index (χ2n) is 8.36. The Hall–Kier alpha value is -2.04. The van der Waals surface area contributed by atoms with E-state index >= 15 is 0 Å². The van der Waals surface area contributed by atoms with Gasteiger partial charge in [-0.25, -0.2) is 0 Å². The van der Waals surface area contributed by atoms with Crippen LogP contribution in [0.15, 0.2) is 48.5 Å². The van der Waals surface area contributed by atoms with Crippen molar-refractivity contribution in [3.63, 3.8) is 0 Å². The van der Waals surface area contributed by atoms with Crippen molar-refractivity contribution in [3.05, 3.63) is 59.7 Å². The monoisotopic (exact) mass is 397 g/mol. The van der Waals surface area contributed by atoms with E-state index in [0.717, 1.165) is 50.5 Å². The quantitative estimate of drug-likeness (QED) is 0.607. The second-order valence-corrected chi connectivity index (χ2v) is 8.36. The summed E-state index contributed by atoms with van der Waals surface area (Å²) in [6, 6.07) is 16.8. The molecule has 0 aromatic heterocycles. The van der Waals surface area contributed by atoms with E-state index in [4.69, 9.17) is 14.2 Å². The third-order valence-corrected chi connectivity index (χ3v) is 6.19. The lowest BCUT2D eigenvalue weighted by atomic mass is 9.68.